The molecule has 16 heavy (non-hydrogen) atoms. The van der Waals surface area contributed by atoms with Crippen LogP contribution in [0, 0.1) is 0 Å². The van der Waals surface area contributed by atoms with Gasteiger partial charge in [-0.2, -0.15) is 9.98 Å². The summed E-state index contributed by atoms with van der Waals surface area (Å²) < 4.78 is 1.35. The number of anilines is 1. The molecule has 0 atom stereocenters. The van der Waals surface area contributed by atoms with Crippen molar-refractivity contribution in [1.29, 1.82) is 0 Å². The van der Waals surface area contributed by atoms with Crippen LogP contribution >= 0.6 is 11.6 Å². The van der Waals surface area contributed by atoms with Crippen molar-refractivity contribution in [2.45, 2.75) is 0 Å². The number of aromatic nitrogens is 2. The first-order valence-corrected chi connectivity index (χ1v) is 4.85. The van der Waals surface area contributed by atoms with Crippen molar-refractivity contribution in [1.82, 2.24) is 9.66 Å². The monoisotopic (exact) mass is 235 g/mol. The highest BCUT2D eigenvalue weighted by atomic mass is 35.5. The van der Waals surface area contributed by atoms with Gasteiger partial charge in [-0.05, 0) is 17.7 Å². The van der Waals surface area contributed by atoms with Crippen molar-refractivity contribution in [3.05, 3.63) is 28.7 Å². The number of nitrogens with two attached hydrogens (primary N) is 1. The van der Waals surface area contributed by atoms with E-state index in [9.17, 15) is 4.79 Å². The molecular formula is C9H6ClN5O. The molecule has 3 rings (SSSR count). The molecule has 3 N–H and O–H groups in total. The summed E-state index contributed by atoms with van der Waals surface area (Å²) in [7, 11) is 0. The molecule has 6 nitrogen and oxygen atoms in total. The second-order valence-electron chi connectivity index (χ2n) is 3.35. The number of rotatable bonds is 0. The van der Waals surface area contributed by atoms with Crippen LogP contribution in [0.1, 0.15) is 0 Å². The van der Waals surface area contributed by atoms with Gasteiger partial charge in [-0.25, -0.2) is 0 Å². The van der Waals surface area contributed by atoms with Gasteiger partial charge in [-0.3, -0.25) is 9.47 Å². The van der Waals surface area contributed by atoms with Crippen molar-refractivity contribution in [2.75, 3.05) is 11.2 Å². The summed E-state index contributed by atoms with van der Waals surface area (Å²) in [5.41, 5.74) is -0.348. The van der Waals surface area contributed by atoms with E-state index >= 15 is 0 Å². The van der Waals surface area contributed by atoms with Crippen molar-refractivity contribution < 1.29 is 0 Å². The summed E-state index contributed by atoms with van der Waals surface area (Å²) in [5, 5.41) is 4.34. The maximum absolute atomic E-state index is 11.3. The van der Waals surface area contributed by atoms with Crippen molar-refractivity contribution in [3.8, 4) is 0 Å². The number of hydrogen-bond acceptors (Lipinski definition) is 5. The van der Waals surface area contributed by atoms with Gasteiger partial charge in [0.15, 0.2) is 5.82 Å². The maximum Gasteiger partial charge on any atom is 0.271 e. The van der Waals surface area contributed by atoms with E-state index in [2.05, 4.69) is 15.3 Å². The van der Waals surface area contributed by atoms with Crippen LogP contribution in [-0.4, -0.2) is 15.0 Å². The molecule has 2 aromatic rings. The Morgan fingerprint density at radius 1 is 1.44 bits per heavy atom. The number of amidine groups is 1. The molecule has 0 aromatic carbocycles. The molecule has 0 unspecified atom stereocenters. The lowest BCUT2D eigenvalue weighted by molar-refractivity contribution is 1.02. The van der Waals surface area contributed by atoms with Crippen LogP contribution in [0.25, 0.3) is 10.8 Å². The summed E-state index contributed by atoms with van der Waals surface area (Å²) in [6.07, 6.45) is 1.66. The Kier molecular flexibility index (Phi) is 1.69. The Bertz CT molecular complexity index is 690. The lowest BCUT2D eigenvalue weighted by Gasteiger charge is -2.08. The number of nitrogen functional groups attached to an aromatic ring is 1. The van der Waals surface area contributed by atoms with Crippen LogP contribution in [0.4, 0.5) is 11.6 Å². The lowest BCUT2D eigenvalue weighted by atomic mass is 10.3. The maximum atomic E-state index is 11.3. The van der Waals surface area contributed by atoms with Gasteiger partial charge >= 0.3 is 0 Å². The zero-order chi connectivity index (χ0) is 11.3. The molecule has 0 spiro atoms. The molecular weight excluding hydrogens is 230 g/mol. The van der Waals surface area contributed by atoms with E-state index in [-0.39, 0.29) is 10.9 Å². The molecule has 1 aliphatic heterocycles. The molecule has 0 amide bonds. The number of halogens is 1. The molecule has 1 aliphatic rings. The minimum absolute atomic E-state index is 0.136. The van der Waals surface area contributed by atoms with E-state index < -0.39 is 0 Å². The molecule has 0 saturated heterocycles. The van der Waals surface area contributed by atoms with Gasteiger partial charge in [0.05, 0.1) is 5.39 Å². The van der Waals surface area contributed by atoms with Gasteiger partial charge < -0.3 is 11.2 Å². The van der Waals surface area contributed by atoms with Gasteiger partial charge in [0.2, 0.25) is 5.29 Å². The zero-order valence-electron chi connectivity index (χ0n) is 7.94. The third-order valence-corrected chi connectivity index (χ3v) is 2.50. The fraction of sp³-hybridized carbons (Fsp3) is 0. The molecule has 7 heteroatoms. The summed E-state index contributed by atoms with van der Waals surface area (Å²) in [6.45, 7) is 0. The molecule has 2 aromatic heterocycles. The SMILES string of the molecule is Nn1cc2ccc(=O)nc3c2c1N=C(Cl)N3. The molecule has 0 saturated carbocycles. The quantitative estimate of drug-likeness (QED) is 0.522. The van der Waals surface area contributed by atoms with Crippen LogP contribution in [0.15, 0.2) is 28.1 Å². The Labute approximate surface area is 94.3 Å². The second-order valence-corrected chi connectivity index (χ2v) is 3.71. The fourth-order valence-electron chi connectivity index (χ4n) is 1.69. The van der Waals surface area contributed by atoms with Crippen LogP contribution in [-0.2, 0) is 0 Å². The number of aliphatic imine (C=N–C) groups is 1. The third kappa shape index (κ3) is 1.17. The lowest BCUT2D eigenvalue weighted by Crippen LogP contribution is -2.14. The van der Waals surface area contributed by atoms with E-state index in [1.54, 1.807) is 12.3 Å². The normalized spacial score (nSPS) is 13.4. The molecule has 0 fully saturated rings. The molecule has 80 valence electrons. The topological polar surface area (TPSA) is 85.3 Å². The highest BCUT2D eigenvalue weighted by Gasteiger charge is 2.17. The standard InChI is InChI=1S/C9H6ClN5O/c10-9-13-7-6-4(1-2-5(16)12-7)3-15(11)8(6)14-9/h1-3H,11H2,(H,12,13,14,16). The molecule has 0 radical (unpaired) electrons. The smallest absolute Gasteiger partial charge is 0.271 e. The zero-order valence-corrected chi connectivity index (χ0v) is 8.69. The van der Waals surface area contributed by atoms with Gasteiger partial charge in [0, 0.05) is 17.6 Å². The largest absolute Gasteiger partial charge is 0.338 e. The highest BCUT2D eigenvalue weighted by molar-refractivity contribution is 6.68. The van der Waals surface area contributed by atoms with E-state index in [1.807, 2.05) is 0 Å². The van der Waals surface area contributed by atoms with Crippen LogP contribution in [0.2, 0.25) is 0 Å². The van der Waals surface area contributed by atoms with Crippen LogP contribution in [0.5, 0.6) is 0 Å². The Morgan fingerprint density at radius 3 is 3.06 bits per heavy atom. The second kappa shape index (κ2) is 2.96. The van der Waals surface area contributed by atoms with Gasteiger partial charge in [-0.1, -0.05) is 0 Å². The molecule has 0 bridgehead atoms. The summed E-state index contributed by atoms with van der Waals surface area (Å²) in [5.74, 6) is 6.59. The Balaban J connectivity index is 2.56. The van der Waals surface area contributed by atoms with Gasteiger partial charge in [0.25, 0.3) is 5.56 Å². The number of nitrogens with zero attached hydrogens (tertiary/aromatic N) is 3. The van der Waals surface area contributed by atoms with Crippen molar-refractivity contribution in [3.63, 3.8) is 0 Å². The van der Waals surface area contributed by atoms with E-state index in [4.69, 9.17) is 17.4 Å². The van der Waals surface area contributed by atoms with Crippen LogP contribution in [0.3, 0.4) is 0 Å². The Hall–Kier alpha value is -2.08. The summed E-state index contributed by atoms with van der Waals surface area (Å²) in [6, 6.07) is 3.02. The predicted molar refractivity (Wildman–Crippen MR) is 62.7 cm³/mol. The van der Waals surface area contributed by atoms with E-state index in [1.165, 1.54) is 10.7 Å². The van der Waals surface area contributed by atoms with Crippen LogP contribution < -0.4 is 16.7 Å². The first-order valence-electron chi connectivity index (χ1n) is 4.48. The van der Waals surface area contributed by atoms with Crippen molar-refractivity contribution in [2.24, 2.45) is 4.99 Å². The fourth-order valence-corrected chi connectivity index (χ4v) is 1.86. The highest BCUT2D eigenvalue weighted by Crippen LogP contribution is 2.34. The van der Waals surface area contributed by atoms with E-state index in [0.717, 1.165) is 5.39 Å². The minimum Gasteiger partial charge on any atom is -0.338 e. The van der Waals surface area contributed by atoms with Gasteiger partial charge in [-0.15, -0.1) is 0 Å². The Morgan fingerprint density at radius 2 is 2.25 bits per heavy atom. The summed E-state index contributed by atoms with van der Waals surface area (Å²) in [4.78, 5) is 19.2. The average molecular weight is 236 g/mol. The predicted octanol–water partition coefficient (Wildman–Crippen LogP) is 0.762. The number of nitrogens with one attached hydrogen (secondary N) is 1. The van der Waals surface area contributed by atoms with Gasteiger partial charge in [0.1, 0.15) is 5.82 Å². The first kappa shape index (κ1) is 9.17. The third-order valence-electron chi connectivity index (χ3n) is 2.32. The first-order chi connectivity index (χ1) is 7.65. The molecule has 3 heterocycles. The van der Waals surface area contributed by atoms with E-state index in [0.29, 0.717) is 17.0 Å². The minimum atomic E-state index is -0.348. The average Bonchev–Trinajstić information content (AvgIpc) is 2.43. The summed E-state index contributed by atoms with van der Waals surface area (Å²) >= 11 is 5.78. The number of hydrogen-bond donors (Lipinski definition) is 2. The molecule has 0 aliphatic carbocycles. The van der Waals surface area contributed by atoms with Crippen molar-refractivity contribution >= 4 is 39.3 Å².